The Bertz CT molecular complexity index is 215. The fourth-order valence-corrected chi connectivity index (χ4v) is 0.464. The summed E-state index contributed by atoms with van der Waals surface area (Å²) in [6.07, 6.45) is 0. The van der Waals surface area contributed by atoms with Crippen LogP contribution in [-0.4, -0.2) is 27.4 Å². The Morgan fingerprint density at radius 1 is 1.30 bits per heavy atom. The highest BCUT2D eigenvalue weighted by atomic mass is 19.1. The van der Waals surface area contributed by atoms with E-state index in [1.165, 1.54) is 0 Å². The zero-order valence-electron chi connectivity index (χ0n) is 4.90. The molecule has 0 spiro atoms. The lowest BCUT2D eigenvalue weighted by atomic mass is 9.86. The standard InChI is InChI=1S/C4H4BFN2O2/c6-4-2-1-3(5(9)10)7-8-4/h1-2,9-10H. The minimum atomic E-state index is -1.69. The van der Waals surface area contributed by atoms with E-state index in [1.54, 1.807) is 0 Å². The summed E-state index contributed by atoms with van der Waals surface area (Å²) in [4.78, 5) is 0. The van der Waals surface area contributed by atoms with Gasteiger partial charge in [0.1, 0.15) is 0 Å². The molecule has 2 N–H and O–H groups in total. The summed E-state index contributed by atoms with van der Waals surface area (Å²) >= 11 is 0. The summed E-state index contributed by atoms with van der Waals surface area (Å²) in [7, 11) is -1.69. The SMILES string of the molecule is OB(O)c1ccc(F)nn1. The number of nitrogens with zero attached hydrogens (tertiary/aromatic N) is 2. The van der Waals surface area contributed by atoms with E-state index in [1.807, 2.05) is 0 Å². The maximum absolute atomic E-state index is 12.0. The van der Waals surface area contributed by atoms with Gasteiger partial charge in [-0.25, -0.2) is 0 Å². The van der Waals surface area contributed by atoms with E-state index >= 15 is 0 Å². The lowest BCUT2D eigenvalue weighted by molar-refractivity contribution is 0.423. The normalized spacial score (nSPS) is 9.50. The molecule has 6 heteroatoms. The highest BCUT2D eigenvalue weighted by Crippen LogP contribution is 1.83. The van der Waals surface area contributed by atoms with Gasteiger partial charge in [0.15, 0.2) is 0 Å². The molecule has 52 valence electrons. The van der Waals surface area contributed by atoms with Gasteiger partial charge in [0.25, 0.3) is 0 Å². The van der Waals surface area contributed by atoms with Crippen LogP contribution in [0.4, 0.5) is 4.39 Å². The molecule has 0 aliphatic rings. The van der Waals surface area contributed by atoms with Crippen LogP contribution >= 0.6 is 0 Å². The number of halogens is 1. The summed E-state index contributed by atoms with van der Waals surface area (Å²) in [6, 6.07) is 2.15. The van der Waals surface area contributed by atoms with Crippen molar-refractivity contribution < 1.29 is 14.4 Å². The number of hydrogen-bond donors (Lipinski definition) is 2. The van der Waals surface area contributed by atoms with Crippen LogP contribution in [0.15, 0.2) is 12.1 Å². The Kier molecular flexibility index (Phi) is 1.93. The van der Waals surface area contributed by atoms with Gasteiger partial charge in [-0.2, -0.15) is 9.49 Å². The molecule has 0 unspecified atom stereocenters. The van der Waals surface area contributed by atoms with Gasteiger partial charge >= 0.3 is 7.12 Å². The minimum Gasteiger partial charge on any atom is -0.422 e. The van der Waals surface area contributed by atoms with Crippen LogP contribution in [0, 0.1) is 5.95 Å². The first kappa shape index (κ1) is 7.11. The van der Waals surface area contributed by atoms with E-state index in [4.69, 9.17) is 10.0 Å². The molecule has 0 atom stereocenters. The van der Waals surface area contributed by atoms with Gasteiger partial charge in [0, 0.05) is 0 Å². The largest absolute Gasteiger partial charge is 0.510 e. The van der Waals surface area contributed by atoms with Crippen molar-refractivity contribution in [3.05, 3.63) is 18.1 Å². The van der Waals surface area contributed by atoms with Gasteiger partial charge in [-0.05, 0) is 12.1 Å². The summed E-state index contributed by atoms with van der Waals surface area (Å²) in [5.74, 6) is -0.746. The second-order valence-corrected chi connectivity index (χ2v) is 1.65. The van der Waals surface area contributed by atoms with Crippen molar-refractivity contribution in [1.29, 1.82) is 0 Å². The molecule has 10 heavy (non-hydrogen) atoms. The van der Waals surface area contributed by atoms with Gasteiger partial charge < -0.3 is 10.0 Å². The number of rotatable bonds is 1. The molecule has 0 radical (unpaired) electrons. The maximum atomic E-state index is 12.0. The Morgan fingerprint density at radius 2 is 2.00 bits per heavy atom. The van der Waals surface area contributed by atoms with Gasteiger partial charge in [0.2, 0.25) is 5.95 Å². The van der Waals surface area contributed by atoms with Crippen LogP contribution in [0.1, 0.15) is 0 Å². The zero-order chi connectivity index (χ0) is 7.56. The van der Waals surface area contributed by atoms with Crippen molar-refractivity contribution in [1.82, 2.24) is 10.2 Å². The summed E-state index contributed by atoms with van der Waals surface area (Å²) in [5.41, 5.74) is -0.0681. The van der Waals surface area contributed by atoms with E-state index in [0.29, 0.717) is 0 Å². The van der Waals surface area contributed by atoms with Crippen molar-refractivity contribution in [2.75, 3.05) is 0 Å². The van der Waals surface area contributed by atoms with Crippen molar-refractivity contribution in [3.8, 4) is 0 Å². The van der Waals surface area contributed by atoms with Crippen molar-refractivity contribution in [2.24, 2.45) is 0 Å². The molecule has 1 rings (SSSR count). The number of hydrogen-bond acceptors (Lipinski definition) is 4. The van der Waals surface area contributed by atoms with Crippen LogP contribution in [0.2, 0.25) is 0 Å². The third-order valence-corrected chi connectivity index (χ3v) is 0.917. The summed E-state index contributed by atoms with van der Waals surface area (Å²) in [6.45, 7) is 0. The van der Waals surface area contributed by atoms with Crippen molar-refractivity contribution >= 4 is 12.7 Å². The monoisotopic (exact) mass is 142 g/mol. The Labute approximate surface area is 56.5 Å². The van der Waals surface area contributed by atoms with Crippen LogP contribution < -0.4 is 5.59 Å². The van der Waals surface area contributed by atoms with Gasteiger partial charge in [-0.1, -0.05) is 0 Å². The molecule has 0 amide bonds. The third kappa shape index (κ3) is 1.49. The molecule has 0 bridgehead atoms. The molecular weight excluding hydrogens is 138 g/mol. The average molecular weight is 142 g/mol. The molecule has 0 aliphatic heterocycles. The van der Waals surface area contributed by atoms with E-state index in [0.717, 1.165) is 12.1 Å². The van der Waals surface area contributed by atoms with E-state index < -0.39 is 13.1 Å². The molecule has 4 nitrogen and oxygen atoms in total. The smallest absolute Gasteiger partial charge is 0.422 e. The first-order valence-corrected chi connectivity index (χ1v) is 2.55. The first-order chi connectivity index (χ1) is 4.70. The molecule has 1 aromatic rings. The van der Waals surface area contributed by atoms with Crippen molar-refractivity contribution in [3.63, 3.8) is 0 Å². The molecule has 1 heterocycles. The predicted octanol–water partition coefficient (Wildman–Crippen LogP) is -1.70. The highest BCUT2D eigenvalue weighted by molar-refractivity contribution is 6.57. The van der Waals surface area contributed by atoms with Gasteiger partial charge in [-0.15, -0.1) is 5.10 Å². The Hall–Kier alpha value is -1.01. The van der Waals surface area contributed by atoms with E-state index in [-0.39, 0.29) is 5.59 Å². The van der Waals surface area contributed by atoms with Crippen LogP contribution in [0.5, 0.6) is 0 Å². The van der Waals surface area contributed by atoms with Gasteiger partial charge in [0.05, 0.1) is 5.59 Å². The van der Waals surface area contributed by atoms with Gasteiger partial charge in [-0.3, -0.25) is 0 Å². The quantitative estimate of drug-likeness (QED) is 0.458. The second kappa shape index (κ2) is 2.72. The molecule has 0 saturated carbocycles. The molecule has 0 aromatic carbocycles. The van der Waals surface area contributed by atoms with Crippen LogP contribution in [0.25, 0.3) is 0 Å². The first-order valence-electron chi connectivity index (χ1n) is 2.55. The zero-order valence-corrected chi connectivity index (χ0v) is 4.90. The van der Waals surface area contributed by atoms with Crippen LogP contribution in [-0.2, 0) is 0 Å². The fourth-order valence-electron chi connectivity index (χ4n) is 0.464. The third-order valence-electron chi connectivity index (χ3n) is 0.917. The lowest BCUT2D eigenvalue weighted by Gasteiger charge is -1.93. The second-order valence-electron chi connectivity index (χ2n) is 1.65. The highest BCUT2D eigenvalue weighted by Gasteiger charge is 2.12. The molecule has 0 fully saturated rings. The maximum Gasteiger partial charge on any atom is 0.510 e. The lowest BCUT2D eigenvalue weighted by Crippen LogP contribution is -2.33. The Balaban J connectivity index is 2.89. The Morgan fingerprint density at radius 3 is 2.40 bits per heavy atom. The molecule has 1 aromatic heterocycles. The average Bonchev–Trinajstić information content (AvgIpc) is 1.88. The van der Waals surface area contributed by atoms with Crippen molar-refractivity contribution in [2.45, 2.75) is 0 Å². The molecule has 0 saturated heterocycles. The van der Waals surface area contributed by atoms with E-state index in [9.17, 15) is 4.39 Å². The predicted molar refractivity (Wildman–Crippen MR) is 31.8 cm³/mol. The molecular formula is C4H4BFN2O2. The van der Waals surface area contributed by atoms with Crippen LogP contribution in [0.3, 0.4) is 0 Å². The fraction of sp³-hybridized carbons (Fsp3) is 0. The topological polar surface area (TPSA) is 66.2 Å². The van der Waals surface area contributed by atoms with E-state index in [2.05, 4.69) is 10.2 Å². The number of aromatic nitrogens is 2. The molecule has 0 aliphatic carbocycles. The minimum absolute atomic E-state index is 0.0681. The summed E-state index contributed by atoms with van der Waals surface area (Å²) in [5, 5.41) is 23.0. The summed E-state index contributed by atoms with van der Waals surface area (Å²) < 4.78 is 12.0.